The fraction of sp³-hybridized carbons (Fsp3) is 0.562. The molecule has 0 aliphatic heterocycles. The highest BCUT2D eigenvalue weighted by molar-refractivity contribution is 7.89. The van der Waals surface area contributed by atoms with Gasteiger partial charge >= 0.3 is 0 Å². The zero-order chi connectivity index (χ0) is 16.4. The van der Waals surface area contributed by atoms with Crippen molar-refractivity contribution < 1.29 is 13.2 Å². The van der Waals surface area contributed by atoms with Crippen LogP contribution in [-0.2, 0) is 21.2 Å². The van der Waals surface area contributed by atoms with Gasteiger partial charge in [-0.2, -0.15) is 0 Å². The molecule has 0 aromatic heterocycles. The Balaban J connectivity index is 2.50. The summed E-state index contributed by atoms with van der Waals surface area (Å²) in [5.74, 6) is 0.0368. The maximum absolute atomic E-state index is 11.9. The maximum Gasteiger partial charge on any atom is 0.240 e. The molecule has 124 valence electrons. The van der Waals surface area contributed by atoms with Crippen molar-refractivity contribution in [2.45, 2.75) is 50.8 Å². The van der Waals surface area contributed by atoms with Gasteiger partial charge in [-0.3, -0.25) is 4.79 Å². The van der Waals surface area contributed by atoms with Gasteiger partial charge in [0.05, 0.1) is 4.90 Å². The molecular weight excluding hydrogens is 300 g/mol. The number of nitrogens with one attached hydrogen (secondary N) is 2. The van der Waals surface area contributed by atoms with Gasteiger partial charge in [0.15, 0.2) is 0 Å². The average molecular weight is 326 g/mol. The molecule has 0 aliphatic rings. The van der Waals surface area contributed by atoms with E-state index in [-0.39, 0.29) is 10.8 Å². The minimum absolute atomic E-state index is 0.0368. The van der Waals surface area contributed by atoms with E-state index in [2.05, 4.69) is 17.0 Å². The van der Waals surface area contributed by atoms with Crippen molar-refractivity contribution in [1.29, 1.82) is 0 Å². The van der Waals surface area contributed by atoms with E-state index in [4.69, 9.17) is 0 Å². The van der Waals surface area contributed by atoms with Crippen LogP contribution in [0.25, 0.3) is 0 Å². The molecule has 1 rings (SSSR count). The lowest BCUT2D eigenvalue weighted by Crippen LogP contribution is -2.25. The second-order valence-corrected chi connectivity index (χ2v) is 7.01. The number of benzene rings is 1. The zero-order valence-electron chi connectivity index (χ0n) is 13.4. The highest BCUT2D eigenvalue weighted by atomic mass is 32.2. The van der Waals surface area contributed by atoms with E-state index in [1.54, 1.807) is 24.3 Å². The molecule has 1 aromatic carbocycles. The number of rotatable bonds is 10. The average Bonchev–Trinajstić information content (AvgIpc) is 2.52. The molecule has 2 N–H and O–H groups in total. The Bertz CT molecular complexity index is 553. The second-order valence-electron chi connectivity index (χ2n) is 5.25. The molecule has 6 heteroatoms. The summed E-state index contributed by atoms with van der Waals surface area (Å²) in [5.41, 5.74) is 0.958. The van der Waals surface area contributed by atoms with Gasteiger partial charge in [0.25, 0.3) is 0 Å². The van der Waals surface area contributed by atoms with Crippen LogP contribution in [0.4, 0.5) is 0 Å². The summed E-state index contributed by atoms with van der Waals surface area (Å²) in [7, 11) is -3.41. The van der Waals surface area contributed by atoms with E-state index in [0.717, 1.165) is 31.4 Å². The Morgan fingerprint density at radius 2 is 1.73 bits per heavy atom. The van der Waals surface area contributed by atoms with Gasteiger partial charge in [0.2, 0.25) is 15.9 Å². The fourth-order valence-electron chi connectivity index (χ4n) is 1.91. The monoisotopic (exact) mass is 326 g/mol. The maximum atomic E-state index is 11.9. The van der Waals surface area contributed by atoms with Crippen molar-refractivity contribution in [3.05, 3.63) is 29.8 Å². The third-order valence-corrected chi connectivity index (χ3v) is 4.75. The number of aryl methyl sites for hydroxylation is 1. The van der Waals surface area contributed by atoms with Gasteiger partial charge in [-0.1, -0.05) is 32.4 Å². The third-order valence-electron chi connectivity index (χ3n) is 3.27. The van der Waals surface area contributed by atoms with E-state index in [1.165, 1.54) is 0 Å². The number of hydrogen-bond acceptors (Lipinski definition) is 3. The first-order valence-corrected chi connectivity index (χ1v) is 9.33. The summed E-state index contributed by atoms with van der Waals surface area (Å²) < 4.78 is 26.4. The molecular formula is C16H26N2O3S. The molecule has 5 nitrogen and oxygen atoms in total. The molecule has 0 unspecified atom stereocenters. The Morgan fingerprint density at radius 3 is 2.32 bits per heavy atom. The molecule has 0 saturated heterocycles. The number of amides is 1. The molecule has 0 heterocycles. The SMILES string of the molecule is CCCCNC(=O)CCc1ccc(S(=O)(=O)NCCC)cc1. The lowest BCUT2D eigenvalue weighted by atomic mass is 10.1. The van der Waals surface area contributed by atoms with Crippen LogP contribution in [0.15, 0.2) is 29.2 Å². The predicted molar refractivity (Wildman–Crippen MR) is 88.2 cm³/mol. The van der Waals surface area contributed by atoms with Crippen LogP contribution < -0.4 is 10.0 Å². The summed E-state index contributed by atoms with van der Waals surface area (Å²) >= 11 is 0. The Labute approximate surface area is 133 Å². The van der Waals surface area contributed by atoms with E-state index in [1.807, 2.05) is 6.92 Å². The van der Waals surface area contributed by atoms with Crippen molar-refractivity contribution in [2.24, 2.45) is 0 Å². The van der Waals surface area contributed by atoms with Crippen molar-refractivity contribution >= 4 is 15.9 Å². The Kier molecular flexibility index (Phi) is 8.12. The van der Waals surface area contributed by atoms with Crippen LogP contribution in [-0.4, -0.2) is 27.4 Å². The molecule has 0 spiro atoms. The summed E-state index contributed by atoms with van der Waals surface area (Å²) in [5, 5.41) is 2.87. The highest BCUT2D eigenvalue weighted by Gasteiger charge is 2.12. The Hall–Kier alpha value is -1.40. The largest absolute Gasteiger partial charge is 0.356 e. The zero-order valence-corrected chi connectivity index (χ0v) is 14.2. The smallest absolute Gasteiger partial charge is 0.240 e. The van der Waals surface area contributed by atoms with Gasteiger partial charge in [-0.25, -0.2) is 13.1 Å². The van der Waals surface area contributed by atoms with E-state index < -0.39 is 10.0 Å². The molecule has 1 amide bonds. The summed E-state index contributed by atoms with van der Waals surface area (Å²) in [6.07, 6.45) is 3.83. The molecule has 0 saturated carbocycles. The van der Waals surface area contributed by atoms with Gasteiger partial charge in [0.1, 0.15) is 0 Å². The summed E-state index contributed by atoms with van der Waals surface area (Å²) in [6.45, 7) is 5.14. The number of carbonyl (C=O) groups excluding carboxylic acids is 1. The number of sulfonamides is 1. The van der Waals surface area contributed by atoms with Crippen LogP contribution in [0.2, 0.25) is 0 Å². The van der Waals surface area contributed by atoms with Crippen LogP contribution in [0, 0.1) is 0 Å². The lowest BCUT2D eigenvalue weighted by Gasteiger charge is -2.07. The summed E-state index contributed by atoms with van der Waals surface area (Å²) in [6, 6.07) is 6.70. The first-order chi connectivity index (χ1) is 10.5. The van der Waals surface area contributed by atoms with E-state index in [0.29, 0.717) is 19.4 Å². The first kappa shape index (κ1) is 18.6. The predicted octanol–water partition coefficient (Wildman–Crippen LogP) is 2.22. The quantitative estimate of drug-likeness (QED) is 0.647. The van der Waals surface area contributed by atoms with Crippen LogP contribution >= 0.6 is 0 Å². The van der Waals surface area contributed by atoms with Crippen molar-refractivity contribution in [1.82, 2.24) is 10.0 Å². The van der Waals surface area contributed by atoms with Crippen LogP contribution in [0.1, 0.15) is 45.1 Å². The van der Waals surface area contributed by atoms with Crippen LogP contribution in [0.5, 0.6) is 0 Å². The summed E-state index contributed by atoms with van der Waals surface area (Å²) in [4.78, 5) is 11.9. The molecule has 0 aliphatic carbocycles. The van der Waals surface area contributed by atoms with Crippen LogP contribution in [0.3, 0.4) is 0 Å². The van der Waals surface area contributed by atoms with E-state index >= 15 is 0 Å². The topological polar surface area (TPSA) is 75.3 Å². The number of carbonyl (C=O) groups is 1. The van der Waals surface area contributed by atoms with Gasteiger partial charge in [-0.05, 0) is 37.0 Å². The molecule has 22 heavy (non-hydrogen) atoms. The van der Waals surface area contributed by atoms with Crippen molar-refractivity contribution in [3.63, 3.8) is 0 Å². The van der Waals surface area contributed by atoms with Gasteiger partial charge in [-0.15, -0.1) is 0 Å². The first-order valence-electron chi connectivity index (χ1n) is 7.85. The molecule has 0 fully saturated rings. The number of hydrogen-bond donors (Lipinski definition) is 2. The third kappa shape index (κ3) is 6.58. The normalized spacial score (nSPS) is 11.4. The molecule has 0 radical (unpaired) electrons. The van der Waals surface area contributed by atoms with Gasteiger partial charge in [0, 0.05) is 19.5 Å². The standard InChI is InChI=1S/C16H26N2O3S/c1-3-5-13-17-16(19)11-8-14-6-9-15(10-7-14)22(20,21)18-12-4-2/h6-7,9-10,18H,3-5,8,11-13H2,1-2H3,(H,17,19). The Morgan fingerprint density at radius 1 is 1.05 bits per heavy atom. The lowest BCUT2D eigenvalue weighted by molar-refractivity contribution is -0.121. The van der Waals surface area contributed by atoms with Crippen molar-refractivity contribution in [3.8, 4) is 0 Å². The number of unbranched alkanes of at least 4 members (excludes halogenated alkanes) is 1. The molecule has 0 bridgehead atoms. The molecule has 0 atom stereocenters. The van der Waals surface area contributed by atoms with Crippen molar-refractivity contribution in [2.75, 3.05) is 13.1 Å². The fourth-order valence-corrected chi connectivity index (χ4v) is 3.04. The molecule has 1 aromatic rings. The second kappa shape index (κ2) is 9.58. The highest BCUT2D eigenvalue weighted by Crippen LogP contribution is 2.11. The minimum Gasteiger partial charge on any atom is -0.356 e. The minimum atomic E-state index is -3.41. The van der Waals surface area contributed by atoms with E-state index in [9.17, 15) is 13.2 Å². The van der Waals surface area contributed by atoms with Gasteiger partial charge < -0.3 is 5.32 Å².